The topological polar surface area (TPSA) is 75.1 Å². The molecular weight excluding hydrogens is 453 g/mol. The van der Waals surface area contributed by atoms with Gasteiger partial charge in [-0.25, -0.2) is 0 Å². The standard InChI is InChI=1S/C17H25N3O3S.HI/c1-2-18-16(20-10-17(21)6-8-24-11-17)19-7-5-13-3-4-14-15(9-13)23-12-22-14;/h3-4,9,21H,2,5-8,10-12H2,1H3,(H2,18,19,20);1H. The van der Waals surface area contributed by atoms with Crippen LogP contribution in [0.15, 0.2) is 23.2 Å². The van der Waals surface area contributed by atoms with Crippen LogP contribution in [0.4, 0.5) is 0 Å². The van der Waals surface area contributed by atoms with Crippen molar-refractivity contribution in [2.24, 2.45) is 4.99 Å². The summed E-state index contributed by atoms with van der Waals surface area (Å²) in [5.74, 6) is 4.16. The van der Waals surface area contributed by atoms with E-state index >= 15 is 0 Å². The third-order valence-electron chi connectivity index (χ3n) is 4.10. The maximum atomic E-state index is 10.4. The van der Waals surface area contributed by atoms with Gasteiger partial charge in [0, 0.05) is 18.8 Å². The minimum Gasteiger partial charge on any atom is -0.454 e. The molecule has 1 saturated heterocycles. The van der Waals surface area contributed by atoms with E-state index in [4.69, 9.17) is 9.47 Å². The zero-order chi connectivity index (χ0) is 16.8. The van der Waals surface area contributed by atoms with Crippen LogP contribution in [0.3, 0.4) is 0 Å². The third kappa shape index (κ3) is 5.82. The second kappa shape index (κ2) is 9.72. The van der Waals surface area contributed by atoms with E-state index < -0.39 is 5.60 Å². The average molecular weight is 479 g/mol. The molecule has 3 N–H and O–H groups in total. The lowest BCUT2D eigenvalue weighted by Gasteiger charge is -2.19. The second-order valence-electron chi connectivity index (χ2n) is 6.09. The fraction of sp³-hybridized carbons (Fsp3) is 0.588. The summed E-state index contributed by atoms with van der Waals surface area (Å²) in [4.78, 5) is 4.54. The number of benzene rings is 1. The van der Waals surface area contributed by atoms with Gasteiger partial charge >= 0.3 is 0 Å². The Kier molecular flexibility index (Phi) is 7.95. The highest BCUT2D eigenvalue weighted by Crippen LogP contribution is 2.32. The van der Waals surface area contributed by atoms with Crippen LogP contribution < -0.4 is 20.1 Å². The molecule has 8 heteroatoms. The zero-order valence-electron chi connectivity index (χ0n) is 14.4. The smallest absolute Gasteiger partial charge is 0.231 e. The van der Waals surface area contributed by atoms with Crippen molar-refractivity contribution >= 4 is 41.7 Å². The van der Waals surface area contributed by atoms with Gasteiger partial charge < -0.3 is 25.2 Å². The number of aliphatic hydroxyl groups is 1. The molecule has 1 aromatic carbocycles. The monoisotopic (exact) mass is 479 g/mol. The van der Waals surface area contributed by atoms with Crippen molar-refractivity contribution in [1.29, 1.82) is 0 Å². The Morgan fingerprint density at radius 2 is 2.16 bits per heavy atom. The molecule has 0 spiro atoms. The number of nitrogens with zero attached hydrogens (tertiary/aromatic N) is 1. The highest BCUT2D eigenvalue weighted by Gasteiger charge is 2.31. The van der Waals surface area contributed by atoms with Crippen LogP contribution >= 0.6 is 35.7 Å². The number of hydrogen-bond acceptors (Lipinski definition) is 5. The number of ether oxygens (including phenoxy) is 2. The van der Waals surface area contributed by atoms with Crippen LogP contribution in [0.2, 0.25) is 0 Å². The van der Waals surface area contributed by atoms with Gasteiger partial charge in [0.1, 0.15) is 0 Å². The normalized spacial score (nSPS) is 21.8. The molecule has 140 valence electrons. The van der Waals surface area contributed by atoms with E-state index in [1.807, 2.05) is 19.1 Å². The van der Waals surface area contributed by atoms with Gasteiger partial charge in [0.05, 0.1) is 12.1 Å². The highest BCUT2D eigenvalue weighted by atomic mass is 127. The SMILES string of the molecule is CCNC(=NCC1(O)CCSC1)NCCc1ccc2c(c1)OCO2.I. The van der Waals surface area contributed by atoms with Gasteiger partial charge in [0.15, 0.2) is 17.5 Å². The Morgan fingerprint density at radius 1 is 1.32 bits per heavy atom. The summed E-state index contributed by atoms with van der Waals surface area (Å²) in [6.07, 6.45) is 1.68. The minimum atomic E-state index is -0.648. The Bertz CT molecular complexity index is 595. The van der Waals surface area contributed by atoms with Gasteiger partial charge in [-0.05, 0) is 43.2 Å². The molecule has 0 aromatic heterocycles. The average Bonchev–Trinajstić information content (AvgIpc) is 3.21. The number of rotatable bonds is 6. The van der Waals surface area contributed by atoms with Crippen LogP contribution in [0.25, 0.3) is 0 Å². The van der Waals surface area contributed by atoms with E-state index in [1.165, 1.54) is 5.56 Å². The van der Waals surface area contributed by atoms with Crippen molar-refractivity contribution in [3.63, 3.8) is 0 Å². The van der Waals surface area contributed by atoms with Crippen molar-refractivity contribution in [3.05, 3.63) is 23.8 Å². The first-order valence-electron chi connectivity index (χ1n) is 8.39. The molecule has 25 heavy (non-hydrogen) atoms. The Morgan fingerprint density at radius 3 is 2.92 bits per heavy atom. The first kappa shape index (κ1) is 20.4. The molecule has 1 fully saturated rings. The van der Waals surface area contributed by atoms with Gasteiger partial charge in [-0.15, -0.1) is 24.0 Å². The molecule has 2 heterocycles. The van der Waals surface area contributed by atoms with Crippen molar-refractivity contribution in [2.75, 3.05) is 37.9 Å². The fourth-order valence-corrected chi connectivity index (χ4v) is 4.00. The Balaban J connectivity index is 0.00000225. The van der Waals surface area contributed by atoms with Crippen LogP contribution in [0.1, 0.15) is 18.9 Å². The van der Waals surface area contributed by atoms with E-state index in [-0.39, 0.29) is 24.0 Å². The largest absolute Gasteiger partial charge is 0.454 e. The molecule has 0 aliphatic carbocycles. The number of guanidine groups is 1. The minimum absolute atomic E-state index is 0. The van der Waals surface area contributed by atoms with Gasteiger partial charge in [0.2, 0.25) is 6.79 Å². The molecular formula is C17H26IN3O3S. The first-order chi connectivity index (χ1) is 11.7. The van der Waals surface area contributed by atoms with Gasteiger partial charge in [-0.3, -0.25) is 4.99 Å². The predicted molar refractivity (Wildman–Crippen MR) is 113 cm³/mol. The molecule has 2 aliphatic rings. The third-order valence-corrected chi connectivity index (χ3v) is 5.34. The predicted octanol–water partition coefficient (Wildman–Crippen LogP) is 2.00. The molecule has 0 bridgehead atoms. The maximum Gasteiger partial charge on any atom is 0.231 e. The maximum absolute atomic E-state index is 10.4. The molecule has 1 aromatic rings. The van der Waals surface area contributed by atoms with E-state index in [1.54, 1.807) is 11.8 Å². The summed E-state index contributed by atoms with van der Waals surface area (Å²) in [5, 5.41) is 16.9. The summed E-state index contributed by atoms with van der Waals surface area (Å²) in [5.41, 5.74) is 0.540. The first-order valence-corrected chi connectivity index (χ1v) is 9.55. The number of aliphatic imine (C=N–C) groups is 1. The quantitative estimate of drug-likeness (QED) is 0.329. The summed E-state index contributed by atoms with van der Waals surface area (Å²) in [6, 6.07) is 6.02. The molecule has 2 aliphatic heterocycles. The van der Waals surface area contributed by atoms with Gasteiger partial charge in [0.25, 0.3) is 0 Å². The van der Waals surface area contributed by atoms with Crippen molar-refractivity contribution in [3.8, 4) is 11.5 Å². The second-order valence-corrected chi connectivity index (χ2v) is 7.19. The molecule has 3 rings (SSSR count). The van der Waals surface area contributed by atoms with E-state index in [0.717, 1.165) is 54.9 Å². The zero-order valence-corrected chi connectivity index (χ0v) is 17.6. The number of hydrogen-bond donors (Lipinski definition) is 3. The highest BCUT2D eigenvalue weighted by molar-refractivity contribution is 14.0. The Hall–Kier alpha value is -0.870. The number of halogens is 1. The lowest BCUT2D eigenvalue weighted by atomic mass is 10.1. The van der Waals surface area contributed by atoms with Gasteiger partial charge in [-0.1, -0.05) is 6.07 Å². The van der Waals surface area contributed by atoms with Crippen molar-refractivity contribution in [2.45, 2.75) is 25.4 Å². The van der Waals surface area contributed by atoms with Crippen LogP contribution in [-0.2, 0) is 6.42 Å². The fourth-order valence-electron chi connectivity index (χ4n) is 2.71. The summed E-state index contributed by atoms with van der Waals surface area (Å²) in [6.45, 7) is 4.34. The van der Waals surface area contributed by atoms with Crippen molar-refractivity contribution in [1.82, 2.24) is 10.6 Å². The number of fused-ring (bicyclic) bond motifs is 1. The number of nitrogens with one attached hydrogen (secondary N) is 2. The molecule has 6 nitrogen and oxygen atoms in total. The molecule has 0 amide bonds. The molecule has 1 atom stereocenters. The van der Waals surface area contributed by atoms with Crippen LogP contribution in [0, 0.1) is 0 Å². The molecule has 1 unspecified atom stereocenters. The van der Waals surface area contributed by atoms with Crippen LogP contribution in [-0.4, -0.2) is 54.6 Å². The lowest BCUT2D eigenvalue weighted by molar-refractivity contribution is 0.0778. The van der Waals surface area contributed by atoms with Gasteiger partial charge in [-0.2, -0.15) is 11.8 Å². The van der Waals surface area contributed by atoms with Crippen molar-refractivity contribution < 1.29 is 14.6 Å². The van der Waals surface area contributed by atoms with Crippen LogP contribution in [0.5, 0.6) is 11.5 Å². The van der Waals surface area contributed by atoms with E-state index in [0.29, 0.717) is 13.3 Å². The summed E-state index contributed by atoms with van der Waals surface area (Å²) in [7, 11) is 0. The van der Waals surface area contributed by atoms with E-state index in [2.05, 4.69) is 21.7 Å². The van der Waals surface area contributed by atoms with E-state index in [9.17, 15) is 5.11 Å². The summed E-state index contributed by atoms with van der Waals surface area (Å²) < 4.78 is 10.7. The lowest BCUT2D eigenvalue weighted by Crippen LogP contribution is -2.40. The summed E-state index contributed by atoms with van der Waals surface area (Å²) >= 11 is 1.79. The molecule has 0 radical (unpaired) electrons. The Labute approximate surface area is 170 Å². The number of thioether (sulfide) groups is 1. The molecule has 0 saturated carbocycles.